The molecule has 0 radical (unpaired) electrons. The lowest BCUT2D eigenvalue weighted by Crippen LogP contribution is -2.35. The highest BCUT2D eigenvalue weighted by Crippen LogP contribution is 2.26. The normalized spacial score (nSPS) is 12.0. The topological polar surface area (TPSA) is 30.5 Å². The first-order chi connectivity index (χ1) is 9.79. The summed E-state index contributed by atoms with van der Waals surface area (Å²) in [5.41, 5.74) is 1.04. The summed E-state index contributed by atoms with van der Waals surface area (Å²) in [5.74, 6) is 1.37. The Balaban J connectivity index is 2.55. The third-order valence-electron chi connectivity index (χ3n) is 2.81. The molecule has 0 spiro atoms. The van der Waals surface area contributed by atoms with Gasteiger partial charge in [0.05, 0.1) is 6.61 Å². The molecule has 0 saturated carbocycles. The fourth-order valence-corrected chi connectivity index (χ4v) is 1.96. The fraction of sp³-hybridized carbons (Fsp3) is 0.647. The molecule has 0 aromatic heterocycles. The van der Waals surface area contributed by atoms with E-state index in [1.165, 1.54) is 0 Å². The van der Waals surface area contributed by atoms with Crippen molar-refractivity contribution in [3.8, 4) is 5.75 Å². The van der Waals surface area contributed by atoms with Gasteiger partial charge >= 0.3 is 0 Å². The predicted octanol–water partition coefficient (Wildman–Crippen LogP) is 4.28. The quantitative estimate of drug-likeness (QED) is 0.727. The number of ether oxygens (including phenoxy) is 2. The Morgan fingerprint density at radius 1 is 1.19 bits per heavy atom. The molecule has 1 aromatic carbocycles. The van der Waals surface area contributed by atoms with Gasteiger partial charge in [-0.15, -0.1) is 0 Å². The Morgan fingerprint density at radius 2 is 1.90 bits per heavy atom. The summed E-state index contributed by atoms with van der Waals surface area (Å²) in [6.07, 6.45) is 0. The van der Waals surface area contributed by atoms with Gasteiger partial charge in [-0.25, -0.2) is 0 Å². The maximum Gasteiger partial charge on any atom is 0.125 e. The molecule has 21 heavy (non-hydrogen) atoms. The highest BCUT2D eigenvalue weighted by atomic mass is 35.5. The summed E-state index contributed by atoms with van der Waals surface area (Å²) in [6, 6.07) is 5.75. The van der Waals surface area contributed by atoms with E-state index < -0.39 is 0 Å². The van der Waals surface area contributed by atoms with E-state index in [0.717, 1.165) is 22.9 Å². The van der Waals surface area contributed by atoms with Crippen LogP contribution in [0.3, 0.4) is 0 Å². The van der Waals surface area contributed by atoms with E-state index in [9.17, 15) is 0 Å². The van der Waals surface area contributed by atoms with Crippen LogP contribution < -0.4 is 10.1 Å². The molecule has 1 N–H and O–H groups in total. The van der Waals surface area contributed by atoms with Gasteiger partial charge in [-0.2, -0.15) is 0 Å². The predicted molar refractivity (Wildman–Crippen MR) is 89.2 cm³/mol. The first-order valence-electron chi connectivity index (χ1n) is 7.52. The van der Waals surface area contributed by atoms with Crippen molar-refractivity contribution in [1.29, 1.82) is 0 Å². The summed E-state index contributed by atoms with van der Waals surface area (Å²) in [6.45, 7) is 13.2. The second kappa shape index (κ2) is 8.62. The number of hydrogen-bond acceptors (Lipinski definition) is 3. The molecule has 0 heterocycles. The van der Waals surface area contributed by atoms with E-state index in [1.807, 2.05) is 18.2 Å². The average Bonchev–Trinajstić information content (AvgIpc) is 2.36. The van der Waals surface area contributed by atoms with E-state index in [-0.39, 0.29) is 5.54 Å². The van der Waals surface area contributed by atoms with Gasteiger partial charge in [0.15, 0.2) is 0 Å². The van der Waals surface area contributed by atoms with E-state index in [4.69, 9.17) is 21.1 Å². The minimum absolute atomic E-state index is 0.0385. The zero-order chi connectivity index (χ0) is 15.9. The standard InChI is InChI=1S/C17H28ClNO2/c1-13(2)12-20-9-10-21-16-8-6-7-15(18)14(16)11-19-17(3,4)5/h6-8,13,19H,9-12H2,1-5H3. The van der Waals surface area contributed by atoms with Gasteiger partial charge in [-0.1, -0.05) is 31.5 Å². The van der Waals surface area contributed by atoms with Crippen molar-refractivity contribution in [2.24, 2.45) is 5.92 Å². The van der Waals surface area contributed by atoms with Gasteiger partial charge in [0.1, 0.15) is 12.4 Å². The molecule has 0 bridgehead atoms. The lowest BCUT2D eigenvalue weighted by atomic mass is 10.1. The van der Waals surface area contributed by atoms with Crippen molar-refractivity contribution >= 4 is 11.6 Å². The van der Waals surface area contributed by atoms with Crippen molar-refractivity contribution in [1.82, 2.24) is 5.32 Å². The van der Waals surface area contributed by atoms with Crippen LogP contribution in [0, 0.1) is 5.92 Å². The highest BCUT2D eigenvalue weighted by molar-refractivity contribution is 6.31. The monoisotopic (exact) mass is 313 g/mol. The lowest BCUT2D eigenvalue weighted by molar-refractivity contribution is 0.0816. The molecule has 3 nitrogen and oxygen atoms in total. The van der Waals surface area contributed by atoms with Crippen LogP contribution in [0.2, 0.25) is 5.02 Å². The molecule has 0 unspecified atom stereocenters. The lowest BCUT2D eigenvalue weighted by Gasteiger charge is -2.22. The Morgan fingerprint density at radius 3 is 2.52 bits per heavy atom. The third-order valence-corrected chi connectivity index (χ3v) is 3.16. The second-order valence-electron chi connectivity index (χ2n) is 6.64. The van der Waals surface area contributed by atoms with Crippen LogP contribution in [0.15, 0.2) is 18.2 Å². The van der Waals surface area contributed by atoms with E-state index in [0.29, 0.717) is 25.7 Å². The fourth-order valence-electron chi connectivity index (χ4n) is 1.73. The summed E-state index contributed by atoms with van der Waals surface area (Å²) >= 11 is 6.29. The molecule has 120 valence electrons. The second-order valence-corrected chi connectivity index (χ2v) is 7.04. The minimum Gasteiger partial charge on any atom is -0.491 e. The molecule has 4 heteroatoms. The van der Waals surface area contributed by atoms with Crippen LogP contribution in [0.4, 0.5) is 0 Å². The molecule has 0 aliphatic rings. The van der Waals surface area contributed by atoms with Gasteiger partial charge in [-0.3, -0.25) is 0 Å². The Bertz CT molecular complexity index is 427. The summed E-state index contributed by atoms with van der Waals surface area (Å²) in [4.78, 5) is 0. The van der Waals surface area contributed by atoms with E-state index >= 15 is 0 Å². The number of halogens is 1. The Kier molecular flexibility index (Phi) is 7.50. The summed E-state index contributed by atoms with van der Waals surface area (Å²) in [7, 11) is 0. The molecule has 0 amide bonds. The third kappa shape index (κ3) is 7.70. The molecular weight excluding hydrogens is 286 g/mol. The zero-order valence-corrected chi connectivity index (χ0v) is 14.6. The number of rotatable bonds is 8. The van der Waals surface area contributed by atoms with Gasteiger partial charge in [0.25, 0.3) is 0 Å². The molecule has 0 atom stereocenters. The van der Waals surface area contributed by atoms with Crippen molar-refractivity contribution in [3.63, 3.8) is 0 Å². The van der Waals surface area contributed by atoms with Crippen molar-refractivity contribution in [2.45, 2.75) is 46.7 Å². The molecular formula is C17H28ClNO2. The summed E-state index contributed by atoms with van der Waals surface area (Å²) < 4.78 is 11.3. The number of benzene rings is 1. The van der Waals surface area contributed by atoms with Gasteiger partial charge in [0, 0.05) is 29.3 Å². The molecule has 1 aromatic rings. The molecule has 0 aliphatic heterocycles. The Labute approximate surface area is 134 Å². The smallest absolute Gasteiger partial charge is 0.125 e. The first kappa shape index (κ1) is 18.3. The van der Waals surface area contributed by atoms with Crippen LogP contribution >= 0.6 is 11.6 Å². The van der Waals surface area contributed by atoms with E-state index in [1.54, 1.807) is 0 Å². The average molecular weight is 314 g/mol. The molecule has 0 fully saturated rings. The highest BCUT2D eigenvalue weighted by Gasteiger charge is 2.13. The van der Waals surface area contributed by atoms with E-state index in [2.05, 4.69) is 39.9 Å². The SMILES string of the molecule is CC(C)COCCOc1cccc(Cl)c1CNC(C)(C)C. The maximum absolute atomic E-state index is 6.29. The van der Waals surface area contributed by atoms with Crippen LogP contribution in [0.25, 0.3) is 0 Å². The molecule has 1 rings (SSSR count). The molecule has 0 aliphatic carbocycles. The van der Waals surface area contributed by atoms with Gasteiger partial charge in [0.2, 0.25) is 0 Å². The van der Waals surface area contributed by atoms with Crippen molar-refractivity contribution in [3.05, 3.63) is 28.8 Å². The van der Waals surface area contributed by atoms with Crippen LogP contribution in [0.5, 0.6) is 5.75 Å². The van der Waals surface area contributed by atoms with Crippen LogP contribution in [-0.4, -0.2) is 25.4 Å². The van der Waals surface area contributed by atoms with Crippen molar-refractivity contribution in [2.75, 3.05) is 19.8 Å². The first-order valence-corrected chi connectivity index (χ1v) is 7.90. The van der Waals surface area contributed by atoms with Crippen molar-refractivity contribution < 1.29 is 9.47 Å². The largest absolute Gasteiger partial charge is 0.491 e. The number of nitrogens with one attached hydrogen (secondary N) is 1. The number of hydrogen-bond donors (Lipinski definition) is 1. The minimum atomic E-state index is 0.0385. The van der Waals surface area contributed by atoms with Crippen LogP contribution in [-0.2, 0) is 11.3 Å². The molecule has 0 saturated heterocycles. The van der Waals surface area contributed by atoms with Crippen LogP contribution in [0.1, 0.15) is 40.2 Å². The zero-order valence-electron chi connectivity index (χ0n) is 13.8. The van der Waals surface area contributed by atoms with Gasteiger partial charge in [-0.05, 0) is 38.8 Å². The Hall–Kier alpha value is -0.770. The maximum atomic E-state index is 6.29. The van der Waals surface area contributed by atoms with Gasteiger partial charge < -0.3 is 14.8 Å². The summed E-state index contributed by atoms with van der Waals surface area (Å²) in [5, 5.41) is 4.17.